The lowest BCUT2D eigenvalue weighted by Gasteiger charge is -2.22. The molecule has 2 aromatic carbocycles. The molecule has 7 heteroatoms. The van der Waals surface area contributed by atoms with Crippen molar-refractivity contribution in [3.05, 3.63) is 65.0 Å². The van der Waals surface area contributed by atoms with Crippen LogP contribution in [0.1, 0.15) is 24.8 Å². The number of halogens is 1. The van der Waals surface area contributed by atoms with Crippen LogP contribution < -0.4 is 4.74 Å². The molecule has 3 rings (SSSR count). The van der Waals surface area contributed by atoms with Crippen LogP contribution in [0.25, 0.3) is 11.4 Å². The van der Waals surface area contributed by atoms with Gasteiger partial charge in [-0.3, -0.25) is 4.79 Å². The molecule has 0 aliphatic heterocycles. The Bertz CT molecular complexity index is 957. The average Bonchev–Trinajstić information content (AvgIpc) is 3.14. The van der Waals surface area contributed by atoms with Gasteiger partial charge < -0.3 is 14.2 Å². The lowest BCUT2D eigenvalue weighted by Crippen LogP contribution is -2.39. The van der Waals surface area contributed by atoms with Gasteiger partial charge in [-0.25, -0.2) is 0 Å². The van der Waals surface area contributed by atoms with Gasteiger partial charge in [-0.05, 0) is 43.2 Å². The van der Waals surface area contributed by atoms with E-state index in [9.17, 15) is 4.79 Å². The van der Waals surface area contributed by atoms with E-state index in [1.165, 1.54) is 4.90 Å². The minimum absolute atomic E-state index is 0.151. The van der Waals surface area contributed by atoms with Gasteiger partial charge in [0.2, 0.25) is 11.7 Å². The van der Waals surface area contributed by atoms with E-state index in [1.807, 2.05) is 56.3 Å². The van der Waals surface area contributed by atoms with Crippen molar-refractivity contribution in [2.75, 3.05) is 7.05 Å². The van der Waals surface area contributed by atoms with E-state index in [4.69, 9.17) is 20.9 Å². The van der Waals surface area contributed by atoms with Crippen molar-refractivity contribution < 1.29 is 14.1 Å². The fourth-order valence-electron chi connectivity index (χ4n) is 2.76. The Morgan fingerprint density at radius 2 is 2.04 bits per heavy atom. The molecule has 0 aliphatic rings. The van der Waals surface area contributed by atoms with Gasteiger partial charge in [0.05, 0.1) is 11.6 Å². The van der Waals surface area contributed by atoms with Gasteiger partial charge >= 0.3 is 0 Å². The Hall–Kier alpha value is -2.86. The number of nitrogens with zero attached hydrogens (tertiary/aromatic N) is 3. The molecule has 1 unspecified atom stereocenters. The standard InChI is InChI=1S/C21H22ClN3O3/c1-4-18(27-15-9-7-8-14(2)12-15)21(26)25(3)13-19-23-20(24-28-19)16-10-5-6-11-17(16)22/h5-12,18H,4,13H2,1-3H3. The van der Waals surface area contributed by atoms with Crippen LogP contribution in [-0.2, 0) is 11.3 Å². The highest BCUT2D eigenvalue weighted by atomic mass is 35.5. The maximum atomic E-state index is 12.8. The molecule has 1 heterocycles. The number of likely N-dealkylation sites (N-methyl/N-ethyl adjacent to an activating group) is 1. The summed E-state index contributed by atoms with van der Waals surface area (Å²) in [6, 6.07) is 14.9. The predicted molar refractivity (Wildman–Crippen MR) is 107 cm³/mol. The number of aryl methyl sites for hydroxylation is 1. The SMILES string of the molecule is CCC(Oc1cccc(C)c1)C(=O)N(C)Cc1nc(-c2ccccc2Cl)no1. The largest absolute Gasteiger partial charge is 0.481 e. The zero-order valence-electron chi connectivity index (χ0n) is 16.1. The van der Waals surface area contributed by atoms with Gasteiger partial charge in [0, 0.05) is 12.6 Å². The van der Waals surface area contributed by atoms with Crippen LogP contribution in [0.4, 0.5) is 0 Å². The van der Waals surface area contributed by atoms with Crippen LogP contribution in [-0.4, -0.2) is 34.1 Å². The summed E-state index contributed by atoms with van der Waals surface area (Å²) < 4.78 is 11.2. The van der Waals surface area contributed by atoms with E-state index in [1.54, 1.807) is 13.1 Å². The molecule has 0 N–H and O–H groups in total. The second-order valence-corrected chi connectivity index (χ2v) is 6.92. The number of benzene rings is 2. The van der Waals surface area contributed by atoms with Crippen LogP contribution >= 0.6 is 11.6 Å². The summed E-state index contributed by atoms with van der Waals surface area (Å²) >= 11 is 6.17. The first-order chi connectivity index (χ1) is 13.5. The molecule has 0 bridgehead atoms. The van der Waals surface area contributed by atoms with Crippen molar-refractivity contribution in [2.24, 2.45) is 0 Å². The van der Waals surface area contributed by atoms with Crippen LogP contribution in [0.15, 0.2) is 53.1 Å². The number of rotatable bonds is 7. The lowest BCUT2D eigenvalue weighted by atomic mass is 10.2. The minimum Gasteiger partial charge on any atom is -0.481 e. The van der Waals surface area contributed by atoms with Crippen molar-refractivity contribution >= 4 is 17.5 Å². The molecule has 0 radical (unpaired) electrons. The second-order valence-electron chi connectivity index (χ2n) is 6.52. The lowest BCUT2D eigenvalue weighted by molar-refractivity contribution is -0.138. The first kappa shape index (κ1) is 19.9. The fourth-order valence-corrected chi connectivity index (χ4v) is 2.98. The number of ether oxygens (including phenoxy) is 1. The zero-order valence-corrected chi connectivity index (χ0v) is 16.8. The number of aromatic nitrogens is 2. The Morgan fingerprint density at radius 1 is 1.25 bits per heavy atom. The Morgan fingerprint density at radius 3 is 2.75 bits per heavy atom. The van der Waals surface area contributed by atoms with Gasteiger partial charge in [0.1, 0.15) is 5.75 Å². The van der Waals surface area contributed by atoms with E-state index in [0.29, 0.717) is 34.5 Å². The van der Waals surface area contributed by atoms with Crippen LogP contribution in [0.3, 0.4) is 0 Å². The summed E-state index contributed by atoms with van der Waals surface area (Å²) in [5.41, 5.74) is 1.76. The number of carbonyl (C=O) groups excluding carboxylic acids is 1. The van der Waals surface area contributed by atoms with E-state index >= 15 is 0 Å². The maximum absolute atomic E-state index is 12.8. The van der Waals surface area contributed by atoms with Gasteiger partial charge in [-0.15, -0.1) is 0 Å². The minimum atomic E-state index is -0.585. The third-order valence-electron chi connectivity index (χ3n) is 4.25. The van der Waals surface area contributed by atoms with E-state index in [0.717, 1.165) is 5.56 Å². The Labute approximate surface area is 169 Å². The smallest absolute Gasteiger partial charge is 0.263 e. The van der Waals surface area contributed by atoms with Gasteiger partial charge in [0.25, 0.3) is 5.91 Å². The summed E-state index contributed by atoms with van der Waals surface area (Å²) in [5.74, 6) is 1.24. The van der Waals surface area contributed by atoms with Crippen LogP contribution in [0, 0.1) is 6.92 Å². The number of carbonyl (C=O) groups is 1. The average molecular weight is 400 g/mol. The molecule has 0 fully saturated rings. The molecule has 0 spiro atoms. The van der Waals surface area contributed by atoms with E-state index < -0.39 is 6.10 Å². The molecule has 28 heavy (non-hydrogen) atoms. The van der Waals surface area contributed by atoms with Crippen LogP contribution in [0.2, 0.25) is 5.02 Å². The van der Waals surface area contributed by atoms with Crippen molar-refractivity contribution in [2.45, 2.75) is 32.9 Å². The van der Waals surface area contributed by atoms with E-state index in [-0.39, 0.29) is 12.5 Å². The first-order valence-electron chi connectivity index (χ1n) is 9.03. The van der Waals surface area contributed by atoms with E-state index in [2.05, 4.69) is 10.1 Å². The molecule has 146 valence electrons. The third kappa shape index (κ3) is 4.70. The molecular formula is C21H22ClN3O3. The highest BCUT2D eigenvalue weighted by Gasteiger charge is 2.24. The summed E-state index contributed by atoms with van der Waals surface area (Å²) in [6.45, 7) is 4.08. The third-order valence-corrected chi connectivity index (χ3v) is 4.58. The summed E-state index contributed by atoms with van der Waals surface area (Å²) in [7, 11) is 1.68. The highest BCUT2D eigenvalue weighted by molar-refractivity contribution is 6.33. The number of amides is 1. The normalized spacial score (nSPS) is 11.9. The predicted octanol–water partition coefficient (Wildman–Crippen LogP) is 4.51. The van der Waals surface area contributed by atoms with Crippen LogP contribution in [0.5, 0.6) is 5.75 Å². The molecule has 1 aromatic heterocycles. The molecule has 0 saturated heterocycles. The summed E-state index contributed by atoms with van der Waals surface area (Å²) in [6.07, 6.45) is -0.0380. The van der Waals surface area contributed by atoms with Gasteiger partial charge in [-0.2, -0.15) is 4.98 Å². The quantitative estimate of drug-likeness (QED) is 0.584. The van der Waals surface area contributed by atoms with Crippen molar-refractivity contribution in [1.82, 2.24) is 15.0 Å². The maximum Gasteiger partial charge on any atom is 0.263 e. The number of hydrogen-bond acceptors (Lipinski definition) is 5. The Kier molecular flexibility index (Phi) is 6.31. The van der Waals surface area contributed by atoms with Gasteiger partial charge in [-0.1, -0.05) is 47.9 Å². The highest BCUT2D eigenvalue weighted by Crippen LogP contribution is 2.25. The molecular weight excluding hydrogens is 378 g/mol. The molecule has 1 amide bonds. The summed E-state index contributed by atoms with van der Waals surface area (Å²) in [5, 5.41) is 4.50. The molecule has 6 nitrogen and oxygen atoms in total. The van der Waals surface area contributed by atoms with Crippen molar-refractivity contribution in [3.63, 3.8) is 0 Å². The van der Waals surface area contributed by atoms with Crippen molar-refractivity contribution in [3.8, 4) is 17.1 Å². The van der Waals surface area contributed by atoms with Gasteiger partial charge in [0.15, 0.2) is 6.10 Å². The Balaban J connectivity index is 1.67. The first-order valence-corrected chi connectivity index (χ1v) is 9.41. The number of hydrogen-bond donors (Lipinski definition) is 0. The molecule has 3 aromatic rings. The zero-order chi connectivity index (χ0) is 20.1. The second kappa shape index (κ2) is 8.89. The monoisotopic (exact) mass is 399 g/mol. The van der Waals surface area contributed by atoms with Crippen molar-refractivity contribution in [1.29, 1.82) is 0 Å². The molecule has 1 atom stereocenters. The molecule has 0 aliphatic carbocycles. The molecule has 0 saturated carbocycles. The fraction of sp³-hybridized carbons (Fsp3) is 0.286. The summed E-state index contributed by atoms with van der Waals surface area (Å²) in [4.78, 5) is 18.7. The topological polar surface area (TPSA) is 68.5 Å².